The highest BCUT2D eigenvalue weighted by Crippen LogP contribution is 2.45. The van der Waals surface area contributed by atoms with E-state index in [4.69, 9.17) is 23.4 Å². The third-order valence-electron chi connectivity index (χ3n) is 5.04. The Hall–Kier alpha value is -0.473. The summed E-state index contributed by atoms with van der Waals surface area (Å²) in [6, 6.07) is 0. The number of fused-ring (bicyclic) bond motifs is 3. The number of rotatable bonds is 2. The third kappa shape index (κ3) is 2.52. The third-order valence-corrected chi connectivity index (χ3v) is 9.49. The van der Waals surface area contributed by atoms with Gasteiger partial charge in [0, 0.05) is 0 Å². The maximum absolute atomic E-state index is 12.2. The van der Waals surface area contributed by atoms with Gasteiger partial charge in [-0.25, -0.2) is 4.79 Å². The van der Waals surface area contributed by atoms with Crippen molar-refractivity contribution in [1.29, 1.82) is 0 Å². The molecule has 7 heteroatoms. The van der Waals surface area contributed by atoms with E-state index in [1.165, 1.54) is 0 Å². The van der Waals surface area contributed by atoms with Gasteiger partial charge in [-0.3, -0.25) is 0 Å². The van der Waals surface area contributed by atoms with Crippen LogP contribution >= 0.6 is 0 Å². The number of esters is 1. The fraction of sp³-hybridized carbons (Fsp3) is 0.933. The molecule has 3 saturated heterocycles. The predicted octanol–water partition coefficient (Wildman–Crippen LogP) is 2.18. The minimum absolute atomic E-state index is 0.00876. The van der Waals surface area contributed by atoms with Crippen molar-refractivity contribution < 1.29 is 28.2 Å². The molecule has 3 heterocycles. The van der Waals surface area contributed by atoms with Gasteiger partial charge in [-0.1, -0.05) is 20.8 Å². The van der Waals surface area contributed by atoms with Crippen molar-refractivity contribution in [2.45, 2.75) is 89.2 Å². The normalized spacial score (nSPS) is 40.5. The molecule has 0 aliphatic carbocycles. The van der Waals surface area contributed by atoms with E-state index in [2.05, 4.69) is 33.9 Å². The summed E-state index contributed by atoms with van der Waals surface area (Å²) < 4.78 is 29.1. The molecule has 3 fully saturated rings. The van der Waals surface area contributed by atoms with Crippen LogP contribution in [0.2, 0.25) is 18.1 Å². The molecule has 3 rings (SSSR count). The second kappa shape index (κ2) is 4.77. The zero-order chi connectivity index (χ0) is 16.5. The van der Waals surface area contributed by atoms with Crippen LogP contribution < -0.4 is 0 Å². The molecule has 3 aliphatic rings. The first kappa shape index (κ1) is 16.4. The summed E-state index contributed by atoms with van der Waals surface area (Å²) in [4.78, 5) is 12.2. The van der Waals surface area contributed by atoms with E-state index >= 15 is 0 Å². The lowest BCUT2D eigenvalue weighted by Gasteiger charge is -2.38. The first-order chi connectivity index (χ1) is 9.91. The molecule has 1 unspecified atom stereocenters. The van der Waals surface area contributed by atoms with Crippen LogP contribution in [0.3, 0.4) is 0 Å². The van der Waals surface area contributed by atoms with Gasteiger partial charge in [0.1, 0.15) is 6.10 Å². The van der Waals surface area contributed by atoms with Gasteiger partial charge in [-0.2, -0.15) is 0 Å². The Kier molecular flexibility index (Phi) is 3.55. The SMILES string of the molecule is CC1(C)O[C@H]2O[C@@H]3C(O[Si](C)(C)C(C)(C)C)C(=O)O[C@@H]3[C@H]2O1. The van der Waals surface area contributed by atoms with Crippen molar-refractivity contribution in [1.82, 2.24) is 0 Å². The Morgan fingerprint density at radius 2 is 1.73 bits per heavy atom. The minimum Gasteiger partial charge on any atom is -0.454 e. The van der Waals surface area contributed by atoms with Crippen LogP contribution in [0, 0.1) is 0 Å². The van der Waals surface area contributed by atoms with Crippen LogP contribution in [0.1, 0.15) is 34.6 Å². The Labute approximate surface area is 132 Å². The molecular weight excluding hydrogens is 304 g/mol. The zero-order valence-corrected chi connectivity index (χ0v) is 15.3. The maximum atomic E-state index is 12.2. The molecule has 0 radical (unpaired) electrons. The van der Waals surface area contributed by atoms with Crippen LogP contribution in [-0.4, -0.2) is 50.8 Å². The number of hydrogen-bond acceptors (Lipinski definition) is 6. The summed E-state index contributed by atoms with van der Waals surface area (Å²) in [6.07, 6.45) is -2.46. The molecule has 0 spiro atoms. The van der Waals surface area contributed by atoms with Crippen LogP contribution in [0.15, 0.2) is 0 Å². The molecule has 22 heavy (non-hydrogen) atoms. The van der Waals surface area contributed by atoms with Crippen molar-refractivity contribution in [3.63, 3.8) is 0 Å². The lowest BCUT2D eigenvalue weighted by atomic mass is 10.1. The molecule has 0 aromatic rings. The summed E-state index contributed by atoms with van der Waals surface area (Å²) in [5.74, 6) is -1.07. The smallest absolute Gasteiger partial charge is 0.337 e. The minimum atomic E-state index is -2.10. The summed E-state index contributed by atoms with van der Waals surface area (Å²) >= 11 is 0. The van der Waals surface area contributed by atoms with Crippen LogP contribution in [0.4, 0.5) is 0 Å². The summed E-state index contributed by atoms with van der Waals surface area (Å²) in [6.45, 7) is 14.3. The van der Waals surface area contributed by atoms with Crippen LogP contribution in [-0.2, 0) is 28.2 Å². The summed E-state index contributed by atoms with van der Waals surface area (Å²) in [7, 11) is -2.10. The highest BCUT2D eigenvalue weighted by atomic mass is 28.4. The van der Waals surface area contributed by atoms with Gasteiger partial charge in [0.25, 0.3) is 0 Å². The first-order valence-corrected chi connectivity index (χ1v) is 10.7. The molecule has 0 N–H and O–H groups in total. The number of carbonyl (C=O) groups excluding carboxylic acids is 1. The molecule has 5 atom stereocenters. The topological polar surface area (TPSA) is 63.2 Å². The molecule has 0 saturated carbocycles. The van der Waals surface area contributed by atoms with Crippen molar-refractivity contribution in [2.75, 3.05) is 0 Å². The van der Waals surface area contributed by atoms with Crippen molar-refractivity contribution in [3.05, 3.63) is 0 Å². The van der Waals surface area contributed by atoms with E-state index in [-0.39, 0.29) is 17.1 Å². The van der Waals surface area contributed by atoms with Gasteiger partial charge in [-0.15, -0.1) is 0 Å². The fourth-order valence-corrected chi connectivity index (χ4v) is 4.05. The fourth-order valence-electron chi connectivity index (χ4n) is 2.83. The van der Waals surface area contributed by atoms with Crippen LogP contribution in [0.5, 0.6) is 0 Å². The lowest BCUT2D eigenvalue weighted by molar-refractivity contribution is -0.214. The highest BCUT2D eigenvalue weighted by molar-refractivity contribution is 6.74. The van der Waals surface area contributed by atoms with Crippen molar-refractivity contribution >= 4 is 14.3 Å². The van der Waals surface area contributed by atoms with E-state index in [0.717, 1.165) is 0 Å². The van der Waals surface area contributed by atoms with E-state index in [9.17, 15) is 4.79 Å². The Morgan fingerprint density at radius 1 is 1.09 bits per heavy atom. The molecule has 0 amide bonds. The van der Waals surface area contributed by atoms with Gasteiger partial charge in [-0.05, 0) is 32.0 Å². The van der Waals surface area contributed by atoms with Crippen LogP contribution in [0.25, 0.3) is 0 Å². The second-order valence-corrected chi connectivity index (χ2v) is 13.0. The molecule has 3 aliphatic heterocycles. The van der Waals surface area contributed by atoms with E-state index < -0.39 is 38.7 Å². The molecule has 6 nitrogen and oxygen atoms in total. The quantitative estimate of drug-likeness (QED) is 0.571. The predicted molar refractivity (Wildman–Crippen MR) is 80.6 cm³/mol. The van der Waals surface area contributed by atoms with Crippen molar-refractivity contribution in [3.8, 4) is 0 Å². The van der Waals surface area contributed by atoms with Gasteiger partial charge in [0.05, 0.1) is 0 Å². The molecule has 126 valence electrons. The summed E-state index contributed by atoms with van der Waals surface area (Å²) in [5, 5.41) is 0.00876. The Balaban J connectivity index is 1.76. The van der Waals surface area contributed by atoms with E-state index in [1.54, 1.807) is 0 Å². The largest absolute Gasteiger partial charge is 0.454 e. The van der Waals surface area contributed by atoms with Gasteiger partial charge in [0.2, 0.25) is 0 Å². The zero-order valence-electron chi connectivity index (χ0n) is 14.3. The molecule has 0 aromatic carbocycles. The number of ether oxygens (including phenoxy) is 4. The average Bonchev–Trinajstić information content (AvgIpc) is 2.87. The Bertz CT molecular complexity index is 483. The molecule has 0 aromatic heterocycles. The first-order valence-electron chi connectivity index (χ1n) is 7.81. The highest BCUT2D eigenvalue weighted by Gasteiger charge is 2.64. The molecule has 0 bridgehead atoms. The van der Waals surface area contributed by atoms with E-state index in [1.807, 2.05) is 13.8 Å². The monoisotopic (exact) mass is 330 g/mol. The van der Waals surface area contributed by atoms with Gasteiger partial charge < -0.3 is 23.4 Å². The maximum Gasteiger partial charge on any atom is 0.337 e. The summed E-state index contributed by atoms with van der Waals surface area (Å²) in [5.41, 5.74) is 0. The van der Waals surface area contributed by atoms with Crippen molar-refractivity contribution in [2.24, 2.45) is 0 Å². The lowest BCUT2D eigenvalue weighted by Crippen LogP contribution is -2.48. The number of hydrogen-bond donors (Lipinski definition) is 0. The Morgan fingerprint density at radius 3 is 2.32 bits per heavy atom. The van der Waals surface area contributed by atoms with Gasteiger partial charge in [0.15, 0.2) is 38.7 Å². The van der Waals surface area contributed by atoms with E-state index in [0.29, 0.717) is 0 Å². The number of carbonyl (C=O) groups is 1. The second-order valence-electron chi connectivity index (χ2n) is 8.27. The standard InChI is InChI=1S/C15H26O6Si/c1-14(2,3)22(6,7)21-10-8-9(17-12(10)16)11-13(18-8)20-15(4,5)19-11/h8-11,13H,1-7H3/t8-,9-,10?,11+,13+/m0/s1. The average molecular weight is 330 g/mol. The van der Waals surface area contributed by atoms with Gasteiger partial charge >= 0.3 is 5.97 Å². The molecular formula is C15H26O6Si.